The topological polar surface area (TPSA) is 55.1 Å². The molecule has 0 aromatic rings. The van der Waals surface area contributed by atoms with Gasteiger partial charge in [0, 0.05) is 0 Å². The summed E-state index contributed by atoms with van der Waals surface area (Å²) in [5.74, 6) is 0.854. The van der Waals surface area contributed by atoms with Crippen LogP contribution in [0.15, 0.2) is 0 Å². The first-order valence-electron chi connectivity index (χ1n) is 4.24. The van der Waals surface area contributed by atoms with Crippen LogP contribution in [0.25, 0.3) is 0 Å². The fourth-order valence-electron chi connectivity index (χ4n) is 1.02. The molecule has 0 bridgehead atoms. The molecule has 0 radical (unpaired) electrons. The molecule has 0 aromatic carbocycles. The number of rotatable bonds is 7. The Kier molecular flexibility index (Phi) is 7.29. The van der Waals surface area contributed by atoms with Crippen LogP contribution in [0.4, 0.5) is 0 Å². The molecule has 0 rings (SSSR count). The SMILES string of the molecule is CCNC(CCCSC)C(N)=O. The minimum atomic E-state index is -0.238. The van der Waals surface area contributed by atoms with Crippen LogP contribution in [-0.2, 0) is 4.79 Å². The lowest BCUT2D eigenvalue weighted by molar-refractivity contribution is -0.120. The summed E-state index contributed by atoms with van der Waals surface area (Å²) in [6, 6.07) is -0.137. The van der Waals surface area contributed by atoms with Crippen molar-refractivity contribution in [1.29, 1.82) is 0 Å². The third-order valence-electron chi connectivity index (χ3n) is 1.64. The van der Waals surface area contributed by atoms with Gasteiger partial charge in [-0.05, 0) is 31.4 Å². The highest BCUT2D eigenvalue weighted by Crippen LogP contribution is 2.02. The molecule has 4 heteroatoms. The third-order valence-corrected chi connectivity index (χ3v) is 2.33. The molecule has 0 saturated heterocycles. The van der Waals surface area contributed by atoms with Gasteiger partial charge < -0.3 is 11.1 Å². The van der Waals surface area contributed by atoms with Crippen LogP contribution < -0.4 is 11.1 Å². The number of likely N-dealkylation sites (N-methyl/N-ethyl adjacent to an activating group) is 1. The smallest absolute Gasteiger partial charge is 0.234 e. The van der Waals surface area contributed by atoms with Crippen LogP contribution in [0.5, 0.6) is 0 Å². The van der Waals surface area contributed by atoms with Crippen molar-refractivity contribution in [3.63, 3.8) is 0 Å². The van der Waals surface area contributed by atoms with Crippen molar-refractivity contribution in [2.24, 2.45) is 5.73 Å². The van der Waals surface area contributed by atoms with Gasteiger partial charge in [0.2, 0.25) is 5.91 Å². The number of hydrogen-bond donors (Lipinski definition) is 2. The van der Waals surface area contributed by atoms with E-state index in [0.29, 0.717) is 0 Å². The van der Waals surface area contributed by atoms with Gasteiger partial charge >= 0.3 is 0 Å². The van der Waals surface area contributed by atoms with Gasteiger partial charge in [-0.1, -0.05) is 6.92 Å². The average Bonchev–Trinajstić information content (AvgIpc) is 2.03. The lowest BCUT2D eigenvalue weighted by atomic mass is 10.1. The van der Waals surface area contributed by atoms with Crippen molar-refractivity contribution in [1.82, 2.24) is 5.32 Å². The molecule has 0 fully saturated rings. The Morgan fingerprint density at radius 3 is 2.75 bits per heavy atom. The summed E-state index contributed by atoms with van der Waals surface area (Å²) in [4.78, 5) is 10.8. The molecule has 1 atom stereocenters. The third kappa shape index (κ3) is 5.43. The van der Waals surface area contributed by atoms with Crippen LogP contribution in [0.2, 0.25) is 0 Å². The number of nitrogens with two attached hydrogens (primary N) is 1. The van der Waals surface area contributed by atoms with E-state index in [1.807, 2.05) is 6.92 Å². The number of carbonyl (C=O) groups excluding carboxylic acids is 1. The quantitative estimate of drug-likeness (QED) is 0.578. The fourth-order valence-corrected chi connectivity index (χ4v) is 1.48. The van der Waals surface area contributed by atoms with E-state index in [0.717, 1.165) is 25.1 Å². The Morgan fingerprint density at radius 1 is 1.67 bits per heavy atom. The number of amides is 1. The summed E-state index contributed by atoms with van der Waals surface area (Å²) < 4.78 is 0. The summed E-state index contributed by atoms with van der Waals surface area (Å²) in [6.45, 7) is 2.78. The molecule has 0 aliphatic rings. The summed E-state index contributed by atoms with van der Waals surface area (Å²) in [5.41, 5.74) is 5.20. The van der Waals surface area contributed by atoms with Gasteiger partial charge in [0.1, 0.15) is 0 Å². The second kappa shape index (κ2) is 7.43. The number of hydrogen-bond acceptors (Lipinski definition) is 3. The first-order valence-corrected chi connectivity index (χ1v) is 5.63. The molecule has 0 spiro atoms. The van der Waals surface area contributed by atoms with E-state index in [2.05, 4.69) is 11.6 Å². The fraction of sp³-hybridized carbons (Fsp3) is 0.875. The van der Waals surface area contributed by atoms with Crippen molar-refractivity contribution in [2.75, 3.05) is 18.6 Å². The molecule has 0 saturated carbocycles. The summed E-state index contributed by atoms with van der Waals surface area (Å²) >= 11 is 1.79. The number of carbonyl (C=O) groups is 1. The molecule has 72 valence electrons. The molecule has 1 unspecified atom stereocenters. The highest BCUT2D eigenvalue weighted by molar-refractivity contribution is 7.98. The zero-order valence-electron chi connectivity index (χ0n) is 7.80. The molecule has 3 nitrogen and oxygen atoms in total. The van der Waals surface area contributed by atoms with E-state index >= 15 is 0 Å². The summed E-state index contributed by atoms with van der Waals surface area (Å²) in [7, 11) is 0. The predicted octanol–water partition coefficient (Wildman–Crippen LogP) is 0.593. The predicted molar refractivity (Wildman–Crippen MR) is 54.3 cm³/mol. The van der Waals surface area contributed by atoms with Gasteiger partial charge in [-0.2, -0.15) is 11.8 Å². The van der Waals surface area contributed by atoms with Crippen LogP contribution >= 0.6 is 11.8 Å². The van der Waals surface area contributed by atoms with E-state index in [9.17, 15) is 4.79 Å². The minimum Gasteiger partial charge on any atom is -0.368 e. The van der Waals surface area contributed by atoms with E-state index in [-0.39, 0.29) is 11.9 Å². The Hall–Kier alpha value is -0.220. The van der Waals surface area contributed by atoms with Crippen LogP contribution in [0, 0.1) is 0 Å². The number of primary amides is 1. The maximum absolute atomic E-state index is 10.8. The molecular formula is C8H18N2OS. The van der Waals surface area contributed by atoms with Gasteiger partial charge in [-0.25, -0.2) is 0 Å². The van der Waals surface area contributed by atoms with E-state index in [4.69, 9.17) is 5.73 Å². The Labute approximate surface area is 78.5 Å². The molecule has 0 heterocycles. The van der Waals surface area contributed by atoms with E-state index in [1.54, 1.807) is 11.8 Å². The van der Waals surface area contributed by atoms with Gasteiger partial charge in [0.15, 0.2) is 0 Å². The average molecular weight is 190 g/mol. The first kappa shape index (κ1) is 11.8. The van der Waals surface area contributed by atoms with Crippen molar-refractivity contribution in [3.05, 3.63) is 0 Å². The zero-order valence-corrected chi connectivity index (χ0v) is 8.62. The normalized spacial score (nSPS) is 12.8. The van der Waals surface area contributed by atoms with Crippen molar-refractivity contribution >= 4 is 17.7 Å². The molecule has 1 amide bonds. The highest BCUT2D eigenvalue weighted by atomic mass is 32.2. The Bertz CT molecular complexity index is 130. The number of thioether (sulfide) groups is 1. The van der Waals surface area contributed by atoms with Crippen LogP contribution in [0.1, 0.15) is 19.8 Å². The standard InChI is InChI=1S/C8H18N2OS/c1-3-10-7(8(9)11)5-4-6-12-2/h7,10H,3-6H2,1-2H3,(H2,9,11). The van der Waals surface area contributed by atoms with Gasteiger partial charge in [-0.3, -0.25) is 4.79 Å². The molecule has 0 aliphatic carbocycles. The lowest BCUT2D eigenvalue weighted by Gasteiger charge is -2.12. The largest absolute Gasteiger partial charge is 0.368 e. The first-order chi connectivity index (χ1) is 5.72. The monoisotopic (exact) mass is 190 g/mol. The molecule has 3 N–H and O–H groups in total. The molecular weight excluding hydrogens is 172 g/mol. The Morgan fingerprint density at radius 2 is 2.33 bits per heavy atom. The minimum absolute atomic E-state index is 0.137. The molecule has 0 aliphatic heterocycles. The van der Waals surface area contributed by atoms with Crippen LogP contribution in [-0.4, -0.2) is 30.5 Å². The second-order valence-corrected chi connectivity index (χ2v) is 3.63. The molecule has 12 heavy (non-hydrogen) atoms. The molecule has 0 aromatic heterocycles. The number of nitrogens with one attached hydrogen (secondary N) is 1. The highest BCUT2D eigenvalue weighted by Gasteiger charge is 2.11. The summed E-state index contributed by atoms with van der Waals surface area (Å²) in [6.07, 6.45) is 3.96. The summed E-state index contributed by atoms with van der Waals surface area (Å²) in [5, 5.41) is 3.06. The van der Waals surface area contributed by atoms with E-state index < -0.39 is 0 Å². The van der Waals surface area contributed by atoms with Crippen molar-refractivity contribution < 1.29 is 4.79 Å². The van der Waals surface area contributed by atoms with E-state index in [1.165, 1.54) is 0 Å². The Balaban J connectivity index is 3.56. The van der Waals surface area contributed by atoms with Crippen molar-refractivity contribution in [2.45, 2.75) is 25.8 Å². The zero-order chi connectivity index (χ0) is 9.40. The lowest BCUT2D eigenvalue weighted by Crippen LogP contribution is -2.41. The maximum Gasteiger partial charge on any atom is 0.234 e. The van der Waals surface area contributed by atoms with Crippen molar-refractivity contribution in [3.8, 4) is 0 Å². The van der Waals surface area contributed by atoms with Gasteiger partial charge in [-0.15, -0.1) is 0 Å². The second-order valence-electron chi connectivity index (χ2n) is 2.65. The van der Waals surface area contributed by atoms with Crippen LogP contribution in [0.3, 0.4) is 0 Å². The van der Waals surface area contributed by atoms with Gasteiger partial charge in [0.05, 0.1) is 6.04 Å². The van der Waals surface area contributed by atoms with Gasteiger partial charge in [0.25, 0.3) is 0 Å². The maximum atomic E-state index is 10.8.